The van der Waals surface area contributed by atoms with E-state index in [-0.39, 0.29) is 31.4 Å². The van der Waals surface area contributed by atoms with Gasteiger partial charge in [0.1, 0.15) is 29.0 Å². The number of aromatic nitrogens is 1. The number of carbonyl (C=O) groups is 4. The molecule has 4 atom stereocenters. The van der Waals surface area contributed by atoms with Crippen molar-refractivity contribution in [1.82, 2.24) is 25.2 Å². The third-order valence-electron chi connectivity index (χ3n) is 12.3. The van der Waals surface area contributed by atoms with Gasteiger partial charge in [0.15, 0.2) is 0 Å². The minimum Gasteiger partial charge on any atom is -0.483 e. The molecule has 2 aromatic rings. The van der Waals surface area contributed by atoms with Crippen molar-refractivity contribution in [3.63, 3.8) is 0 Å². The number of allylic oxidation sites excluding steroid dienone is 1. The number of amides is 4. The molecular weight excluding hydrogens is 746 g/mol. The third kappa shape index (κ3) is 8.17. The number of aryl methyl sites for hydroxylation is 2. The molecule has 3 N–H and O–H groups in total. The Labute approximate surface area is 327 Å². The Bertz CT molecular complexity index is 2050. The highest BCUT2D eigenvalue weighted by Crippen LogP contribution is 2.46. The molecule has 13 nitrogen and oxygen atoms in total. The number of rotatable bonds is 6. The average molecular weight is 798 g/mol. The van der Waals surface area contributed by atoms with Crippen LogP contribution in [0.4, 0.5) is 4.79 Å². The van der Waals surface area contributed by atoms with Gasteiger partial charge in [0.05, 0.1) is 29.1 Å². The maximum Gasteiger partial charge on any atom is 0.407 e. The van der Waals surface area contributed by atoms with Gasteiger partial charge in [0.25, 0.3) is 5.91 Å². The Balaban J connectivity index is 1.22. The second-order valence-electron chi connectivity index (χ2n) is 17.2. The Hall–Kier alpha value is -3.91. The van der Waals surface area contributed by atoms with Crippen LogP contribution in [0.25, 0.3) is 10.9 Å². The van der Waals surface area contributed by atoms with Gasteiger partial charge in [-0.1, -0.05) is 43.5 Å². The molecule has 7 rings (SSSR count). The molecule has 2 saturated carbocycles. The summed E-state index contributed by atoms with van der Waals surface area (Å²) in [5.74, 6) is -1.35. The van der Waals surface area contributed by atoms with Gasteiger partial charge in [0.2, 0.25) is 21.8 Å². The molecule has 15 heteroatoms. The molecule has 1 aromatic heterocycles. The molecule has 4 amide bonds. The van der Waals surface area contributed by atoms with Crippen LogP contribution in [-0.4, -0.2) is 83.2 Å². The molecule has 0 radical (unpaired) electrons. The van der Waals surface area contributed by atoms with Gasteiger partial charge >= 0.3 is 6.09 Å². The number of fused-ring (bicyclic) bond motifs is 4. The average Bonchev–Trinajstić information content (AvgIpc) is 4.04. The zero-order chi connectivity index (χ0) is 39.4. The third-order valence-corrected chi connectivity index (χ3v) is 14.7. The number of benzene rings is 1. The first-order chi connectivity index (χ1) is 25.9. The van der Waals surface area contributed by atoms with Crippen LogP contribution in [0.1, 0.15) is 109 Å². The van der Waals surface area contributed by atoms with E-state index >= 15 is 0 Å². The molecule has 1 spiro atoms. The smallest absolute Gasteiger partial charge is 0.407 e. The number of ether oxygens (including phenoxy) is 2. The monoisotopic (exact) mass is 797 g/mol. The summed E-state index contributed by atoms with van der Waals surface area (Å²) in [5, 5.41) is 7.14. The normalized spacial score (nSPS) is 29.4. The zero-order valence-corrected chi connectivity index (χ0v) is 33.7. The van der Waals surface area contributed by atoms with Crippen LogP contribution < -0.4 is 20.1 Å². The van der Waals surface area contributed by atoms with Gasteiger partial charge < -0.3 is 25.0 Å². The van der Waals surface area contributed by atoms with E-state index in [9.17, 15) is 27.6 Å². The van der Waals surface area contributed by atoms with E-state index in [1.54, 1.807) is 19.1 Å². The van der Waals surface area contributed by atoms with Crippen LogP contribution >= 0.6 is 11.6 Å². The number of nitrogens with zero attached hydrogens (tertiary/aromatic N) is 2. The topological polar surface area (TPSA) is 173 Å². The number of nitrogens with one attached hydrogen (secondary N) is 3. The molecule has 298 valence electrons. The van der Waals surface area contributed by atoms with Crippen molar-refractivity contribution >= 4 is 56.3 Å². The molecule has 3 aliphatic heterocycles. The fourth-order valence-electron chi connectivity index (χ4n) is 7.91. The number of alkyl carbamates (subject to hydrolysis) is 1. The van der Waals surface area contributed by atoms with E-state index in [4.69, 9.17) is 26.1 Å². The Morgan fingerprint density at radius 1 is 1.07 bits per heavy atom. The van der Waals surface area contributed by atoms with Crippen molar-refractivity contribution in [2.24, 2.45) is 5.41 Å². The highest BCUT2D eigenvalue weighted by molar-refractivity contribution is 7.91. The molecule has 2 aliphatic carbocycles. The Morgan fingerprint density at radius 2 is 1.84 bits per heavy atom. The lowest BCUT2D eigenvalue weighted by atomic mass is 9.87. The van der Waals surface area contributed by atoms with E-state index in [0.717, 1.165) is 42.1 Å². The largest absolute Gasteiger partial charge is 0.483 e. The van der Waals surface area contributed by atoms with E-state index in [0.29, 0.717) is 61.4 Å². The summed E-state index contributed by atoms with van der Waals surface area (Å²) >= 11 is 6.39. The van der Waals surface area contributed by atoms with Gasteiger partial charge in [-0.25, -0.2) is 18.2 Å². The Kier molecular flexibility index (Phi) is 10.4. The molecule has 1 aromatic carbocycles. The first-order valence-corrected chi connectivity index (χ1v) is 21.4. The molecule has 55 heavy (non-hydrogen) atoms. The first kappa shape index (κ1) is 39.3. The molecule has 0 unspecified atom stereocenters. The summed E-state index contributed by atoms with van der Waals surface area (Å²) in [5.41, 5.74) is -0.317. The highest BCUT2D eigenvalue weighted by atomic mass is 35.5. The van der Waals surface area contributed by atoms with Crippen LogP contribution in [0.3, 0.4) is 0 Å². The number of halogens is 1. The second-order valence-corrected chi connectivity index (χ2v) is 19.9. The molecule has 1 saturated heterocycles. The van der Waals surface area contributed by atoms with Gasteiger partial charge in [-0.2, -0.15) is 0 Å². The second kappa shape index (κ2) is 14.5. The summed E-state index contributed by atoms with van der Waals surface area (Å²) in [6.07, 6.45) is 10.2. The van der Waals surface area contributed by atoms with Crippen molar-refractivity contribution in [3.05, 3.63) is 46.6 Å². The number of hydrogen-bond acceptors (Lipinski definition) is 9. The number of carbonyl (C=O) groups excluding carboxylic acids is 4. The molecule has 5 aliphatic rings. The summed E-state index contributed by atoms with van der Waals surface area (Å²) in [4.78, 5) is 62.6. The van der Waals surface area contributed by atoms with Crippen molar-refractivity contribution in [2.45, 2.75) is 139 Å². The van der Waals surface area contributed by atoms with E-state index in [1.165, 1.54) is 11.8 Å². The summed E-state index contributed by atoms with van der Waals surface area (Å²) in [6, 6.07) is 3.43. The first-order valence-electron chi connectivity index (χ1n) is 19.5. The summed E-state index contributed by atoms with van der Waals surface area (Å²) in [7, 11) is -4.01. The SMILES string of the molecule is Cc1nc2ccc(Cl)cc2c2c1O[C@]1(CC2)C[C@H]2C(=O)N[C@@](C)(C(=O)NS(=O)(=O)C3(C)CC3)C/C=C\CCCCC[C@H](NC(=O)OCC3(C)CC3)C(=O)N2C1. The maximum atomic E-state index is 14.7. The number of pyridine rings is 1. The quantitative estimate of drug-likeness (QED) is 0.318. The zero-order valence-electron chi connectivity index (χ0n) is 32.1. The summed E-state index contributed by atoms with van der Waals surface area (Å²) < 4.78 is 40.0. The van der Waals surface area contributed by atoms with Gasteiger partial charge in [-0.05, 0) is 103 Å². The molecule has 3 fully saturated rings. The standard InChI is InChI=1S/C40H52ClN5O8S/c1-25-32-27(28-21-26(41)12-13-29(28)42-25)14-16-40(54-32)22-31-33(47)44-39(4,35(49)45-55(51,52)38(3)19-20-38)15-10-8-6-5-7-9-11-30(34(48)46(31)23-40)43-36(50)53-24-37(2)17-18-37/h8,10,12-13,21,30-31H,5-7,9,11,14-20,22-24H2,1-4H3,(H,43,50)(H,44,47)(H,45,49)/b10-8-/t30-,31-,39+,40+/m0/s1. The predicted molar refractivity (Wildman–Crippen MR) is 207 cm³/mol. The lowest BCUT2D eigenvalue weighted by Crippen LogP contribution is -2.62. The van der Waals surface area contributed by atoms with E-state index in [2.05, 4.69) is 15.4 Å². The van der Waals surface area contributed by atoms with Crippen LogP contribution in [-0.2, 0) is 35.6 Å². The minimum absolute atomic E-state index is 0.0297. The van der Waals surface area contributed by atoms with Gasteiger partial charge in [-0.15, -0.1) is 0 Å². The van der Waals surface area contributed by atoms with Crippen LogP contribution in [0, 0.1) is 12.3 Å². The van der Waals surface area contributed by atoms with Crippen LogP contribution in [0.5, 0.6) is 5.75 Å². The molecule has 4 heterocycles. The summed E-state index contributed by atoms with van der Waals surface area (Å²) in [6.45, 7) is 7.29. The van der Waals surface area contributed by atoms with E-state index in [1.807, 2.05) is 32.1 Å². The van der Waals surface area contributed by atoms with E-state index < -0.39 is 61.8 Å². The van der Waals surface area contributed by atoms with Crippen molar-refractivity contribution in [2.75, 3.05) is 13.2 Å². The van der Waals surface area contributed by atoms with Crippen LogP contribution in [0.2, 0.25) is 5.02 Å². The maximum absolute atomic E-state index is 14.7. The van der Waals surface area contributed by atoms with Gasteiger partial charge in [0, 0.05) is 27.8 Å². The van der Waals surface area contributed by atoms with Crippen molar-refractivity contribution < 1.29 is 37.1 Å². The number of sulfonamides is 1. The minimum atomic E-state index is -4.01. The fourth-order valence-corrected chi connectivity index (χ4v) is 9.44. The lowest BCUT2D eigenvalue weighted by molar-refractivity contribution is -0.142. The van der Waals surface area contributed by atoms with Crippen molar-refractivity contribution in [1.29, 1.82) is 0 Å². The lowest BCUT2D eigenvalue weighted by Gasteiger charge is -2.36. The van der Waals surface area contributed by atoms with Crippen molar-refractivity contribution in [3.8, 4) is 5.75 Å². The molecule has 0 bridgehead atoms. The Morgan fingerprint density at radius 3 is 2.56 bits per heavy atom. The van der Waals surface area contributed by atoms with Gasteiger partial charge in [-0.3, -0.25) is 19.1 Å². The molecular formula is C40H52ClN5O8S. The number of hydrogen-bond donors (Lipinski definition) is 3. The van der Waals surface area contributed by atoms with Crippen LogP contribution in [0.15, 0.2) is 30.4 Å². The highest BCUT2D eigenvalue weighted by Gasteiger charge is 2.55. The predicted octanol–water partition coefficient (Wildman–Crippen LogP) is 5.54. The fraction of sp³-hybridized carbons (Fsp3) is 0.625.